The summed E-state index contributed by atoms with van der Waals surface area (Å²) in [6.45, 7) is 1.09. The normalized spacial score (nSPS) is 13.2. The van der Waals surface area contributed by atoms with E-state index in [1.165, 1.54) is 11.3 Å². The summed E-state index contributed by atoms with van der Waals surface area (Å²) in [6, 6.07) is 9.12. The fourth-order valence-electron chi connectivity index (χ4n) is 1.18. The van der Waals surface area contributed by atoms with Gasteiger partial charge in [0.15, 0.2) is 0 Å². The fraction of sp³-hybridized carbons (Fsp3) is 0.250. The zero-order valence-electron chi connectivity index (χ0n) is 5.72. The monoisotopic (exact) mass is 207 g/mol. The number of rotatable bonds is 0. The Morgan fingerprint density at radius 1 is 1.50 bits per heavy atom. The maximum absolute atomic E-state index is 3.28. The molecule has 0 aliphatic carbocycles. The Morgan fingerprint density at radius 3 is 3.20 bits per heavy atom. The Balaban J connectivity index is 0.000000500. The van der Waals surface area contributed by atoms with E-state index in [4.69, 9.17) is 0 Å². The number of fused-ring (bicyclic) bond motifs is 1. The van der Waals surface area contributed by atoms with Gasteiger partial charge in [-0.15, -0.1) is 11.6 Å². The number of hydrogen-bond donors (Lipinski definition) is 1. The Kier molecular flexibility index (Phi) is 2.87. The smallest absolute Gasteiger partial charge is 0.00619 e. The average molecular weight is 207 g/mol. The quantitative estimate of drug-likeness (QED) is 0.635. The Hall–Kier alpha value is 0.124. The van der Waals surface area contributed by atoms with Crippen LogP contribution in [0.2, 0.25) is 0 Å². The second-order valence-electron chi connectivity index (χ2n) is 2.26. The molecule has 1 aliphatic rings. The van der Waals surface area contributed by atoms with Crippen molar-refractivity contribution in [2.24, 2.45) is 0 Å². The number of benzene rings is 1. The van der Waals surface area contributed by atoms with Crippen molar-refractivity contribution < 1.29 is 32.7 Å². The van der Waals surface area contributed by atoms with Gasteiger partial charge in [0.05, 0.1) is 0 Å². The first-order valence-electron chi connectivity index (χ1n) is 3.20. The molecule has 10 heavy (non-hydrogen) atoms. The van der Waals surface area contributed by atoms with Crippen LogP contribution in [-0.4, -0.2) is 6.54 Å². The van der Waals surface area contributed by atoms with E-state index in [0.717, 1.165) is 13.0 Å². The third-order valence-corrected chi connectivity index (χ3v) is 1.66. The number of anilines is 1. The molecule has 1 aromatic carbocycles. The third-order valence-electron chi connectivity index (χ3n) is 1.66. The van der Waals surface area contributed by atoms with Crippen LogP contribution in [0.25, 0.3) is 0 Å². The largest absolute Gasteiger partial charge is 0.407 e. The second-order valence-corrected chi connectivity index (χ2v) is 2.26. The van der Waals surface area contributed by atoms with E-state index in [9.17, 15) is 0 Å². The fourth-order valence-corrected chi connectivity index (χ4v) is 1.18. The van der Waals surface area contributed by atoms with Crippen LogP contribution in [0.4, 0.5) is 5.69 Å². The van der Waals surface area contributed by atoms with Crippen LogP contribution >= 0.6 is 0 Å². The van der Waals surface area contributed by atoms with Crippen LogP contribution in [-0.2, 0) is 39.1 Å². The van der Waals surface area contributed by atoms with E-state index < -0.39 is 0 Å². The molecule has 0 atom stereocenters. The Morgan fingerprint density at radius 2 is 2.40 bits per heavy atom. The van der Waals surface area contributed by atoms with Gasteiger partial charge in [0.25, 0.3) is 0 Å². The van der Waals surface area contributed by atoms with Crippen molar-refractivity contribution in [2.75, 3.05) is 11.9 Å². The minimum atomic E-state index is 0. The molecule has 0 amide bonds. The summed E-state index contributed by atoms with van der Waals surface area (Å²) in [7, 11) is 0. The summed E-state index contributed by atoms with van der Waals surface area (Å²) >= 11 is 0. The van der Waals surface area contributed by atoms with E-state index in [0.29, 0.717) is 0 Å². The zero-order valence-corrected chi connectivity index (χ0v) is 8.56. The van der Waals surface area contributed by atoms with Crippen molar-refractivity contribution in [3.8, 4) is 0 Å². The van der Waals surface area contributed by atoms with E-state index >= 15 is 0 Å². The van der Waals surface area contributed by atoms with Crippen molar-refractivity contribution in [1.29, 1.82) is 0 Å². The first-order valence-corrected chi connectivity index (χ1v) is 3.20. The van der Waals surface area contributed by atoms with Crippen molar-refractivity contribution in [3.05, 3.63) is 29.8 Å². The average Bonchev–Trinajstić information content (AvgIpc) is 2.33. The Bertz CT molecular complexity index is 199. The first-order chi connectivity index (χ1) is 4.47. The van der Waals surface area contributed by atoms with Gasteiger partial charge in [0, 0.05) is 39.3 Å². The molecule has 1 heterocycles. The van der Waals surface area contributed by atoms with Crippen LogP contribution in [0, 0.1) is 6.07 Å². The standard InChI is InChI=1S/C8H8N.Y/c1-2-4-8-7(3-1)5-6-9-8;/h2-4,9H,5-6H2;/q-1;. The second kappa shape index (κ2) is 3.50. The van der Waals surface area contributed by atoms with Gasteiger partial charge in [-0.3, -0.25) is 0 Å². The molecule has 49 valence electrons. The molecule has 0 bridgehead atoms. The Labute approximate surface area is 86.1 Å². The van der Waals surface area contributed by atoms with Crippen molar-refractivity contribution in [2.45, 2.75) is 6.42 Å². The minimum absolute atomic E-state index is 0. The molecule has 0 spiro atoms. The molecule has 1 nitrogen and oxygen atoms in total. The third kappa shape index (κ3) is 1.41. The maximum Gasteiger partial charge on any atom is 0.00619 e. The SMILES string of the molecule is [Y].[c-]1ccc2c(c1)CCN2. The molecule has 1 N–H and O–H groups in total. The van der Waals surface area contributed by atoms with E-state index in [1.54, 1.807) is 0 Å². The predicted octanol–water partition coefficient (Wildman–Crippen LogP) is 1.45. The van der Waals surface area contributed by atoms with Gasteiger partial charge < -0.3 is 5.32 Å². The van der Waals surface area contributed by atoms with Crippen LogP contribution in [0.3, 0.4) is 0 Å². The zero-order chi connectivity index (χ0) is 6.10. The molecule has 1 radical (unpaired) electrons. The molecule has 0 aromatic heterocycles. The van der Waals surface area contributed by atoms with Gasteiger partial charge in [0.1, 0.15) is 0 Å². The van der Waals surface area contributed by atoms with Gasteiger partial charge in [-0.05, 0) is 0 Å². The molecule has 2 heteroatoms. The first kappa shape index (κ1) is 8.22. The minimum Gasteiger partial charge on any atom is -0.407 e. The predicted molar refractivity (Wildman–Crippen MR) is 37.5 cm³/mol. The number of hydrogen-bond acceptors (Lipinski definition) is 1. The summed E-state index contributed by atoms with van der Waals surface area (Å²) in [4.78, 5) is 0. The van der Waals surface area contributed by atoms with Gasteiger partial charge in [0.2, 0.25) is 0 Å². The van der Waals surface area contributed by atoms with Crippen molar-refractivity contribution in [3.63, 3.8) is 0 Å². The summed E-state index contributed by atoms with van der Waals surface area (Å²) in [5.74, 6) is 0. The van der Waals surface area contributed by atoms with Gasteiger partial charge in [-0.25, -0.2) is 0 Å². The van der Waals surface area contributed by atoms with Crippen LogP contribution in [0.1, 0.15) is 5.56 Å². The molecular formula is C8H8NY-. The van der Waals surface area contributed by atoms with Crippen molar-refractivity contribution >= 4 is 5.69 Å². The van der Waals surface area contributed by atoms with Crippen LogP contribution in [0.5, 0.6) is 0 Å². The van der Waals surface area contributed by atoms with Crippen LogP contribution < -0.4 is 5.32 Å². The van der Waals surface area contributed by atoms with Crippen molar-refractivity contribution in [1.82, 2.24) is 0 Å². The summed E-state index contributed by atoms with van der Waals surface area (Å²) in [5.41, 5.74) is 2.69. The molecule has 0 saturated carbocycles. The van der Waals surface area contributed by atoms with Crippen LogP contribution in [0.15, 0.2) is 18.2 Å². The van der Waals surface area contributed by atoms with E-state index in [-0.39, 0.29) is 32.7 Å². The summed E-state index contributed by atoms with van der Waals surface area (Å²) < 4.78 is 0. The molecule has 2 rings (SSSR count). The van der Waals surface area contributed by atoms with E-state index in [2.05, 4.69) is 23.5 Å². The summed E-state index contributed by atoms with van der Waals surface area (Å²) in [5, 5.41) is 3.28. The molecular weight excluding hydrogens is 199 g/mol. The topological polar surface area (TPSA) is 12.0 Å². The molecule has 0 saturated heterocycles. The summed E-state index contributed by atoms with van der Waals surface area (Å²) in [6.07, 6.45) is 1.16. The maximum atomic E-state index is 3.28. The van der Waals surface area contributed by atoms with Gasteiger partial charge in [-0.1, -0.05) is 12.1 Å². The molecule has 0 unspecified atom stereocenters. The molecule has 0 fully saturated rings. The van der Waals surface area contributed by atoms with E-state index in [1.807, 2.05) is 6.07 Å². The molecule has 1 aliphatic heterocycles. The number of nitrogens with one attached hydrogen (secondary N) is 1. The molecule has 1 aromatic rings. The van der Waals surface area contributed by atoms with Gasteiger partial charge in [-0.2, -0.15) is 18.2 Å². The van der Waals surface area contributed by atoms with Gasteiger partial charge >= 0.3 is 0 Å².